The Hall–Kier alpha value is -3.23. The predicted molar refractivity (Wildman–Crippen MR) is 110 cm³/mol. The van der Waals surface area contributed by atoms with Crippen molar-refractivity contribution in [3.05, 3.63) is 84.1 Å². The van der Waals surface area contributed by atoms with Crippen molar-refractivity contribution >= 4 is 20.9 Å². The second-order valence-corrected chi connectivity index (χ2v) is 9.00. The maximum Gasteiger partial charge on any atom is 0.245 e. The highest BCUT2D eigenvalue weighted by molar-refractivity contribution is 7.89. The van der Waals surface area contributed by atoms with Crippen LogP contribution in [-0.4, -0.2) is 34.2 Å². The van der Waals surface area contributed by atoms with Gasteiger partial charge in [-0.2, -0.15) is 4.31 Å². The Bertz CT molecular complexity index is 1350. The molecule has 30 heavy (non-hydrogen) atoms. The summed E-state index contributed by atoms with van der Waals surface area (Å²) in [5.41, 5.74) is 2.76. The standard InChI is InChI=1S/C22H17FN4O2S/c23-18-8-6-16(7-9-18)22-25-13-17-14-27(12-10-19(17)26-22)30(28,29)20-5-1-3-15-4-2-11-24-21(15)20/h1-9,11,13H,10,12,14H2. The number of para-hydroxylation sites is 1. The Morgan fingerprint density at radius 1 is 0.967 bits per heavy atom. The number of rotatable bonds is 3. The van der Waals surface area contributed by atoms with E-state index in [2.05, 4.69) is 15.0 Å². The number of pyridine rings is 1. The Labute approximate surface area is 173 Å². The maximum absolute atomic E-state index is 13.3. The van der Waals surface area contributed by atoms with Gasteiger partial charge in [0.1, 0.15) is 10.7 Å². The topological polar surface area (TPSA) is 76.1 Å². The number of fused-ring (bicyclic) bond motifs is 2. The van der Waals surface area contributed by atoms with E-state index in [-0.39, 0.29) is 17.3 Å². The quantitative estimate of drug-likeness (QED) is 0.506. The van der Waals surface area contributed by atoms with Gasteiger partial charge in [-0.05, 0) is 36.4 Å². The molecule has 0 saturated carbocycles. The number of hydrogen-bond acceptors (Lipinski definition) is 5. The molecule has 0 saturated heterocycles. The maximum atomic E-state index is 13.3. The molecule has 0 aliphatic carbocycles. The van der Waals surface area contributed by atoms with E-state index in [1.54, 1.807) is 42.7 Å². The largest absolute Gasteiger partial charge is 0.255 e. The highest BCUT2D eigenvalue weighted by Crippen LogP contribution is 2.28. The summed E-state index contributed by atoms with van der Waals surface area (Å²) < 4.78 is 41.3. The fourth-order valence-corrected chi connectivity index (χ4v) is 5.24. The van der Waals surface area contributed by atoms with Gasteiger partial charge in [0.15, 0.2) is 5.82 Å². The van der Waals surface area contributed by atoms with Gasteiger partial charge in [-0.25, -0.2) is 22.8 Å². The van der Waals surface area contributed by atoms with E-state index in [1.165, 1.54) is 16.4 Å². The first-order valence-electron chi connectivity index (χ1n) is 9.47. The minimum absolute atomic E-state index is 0.199. The molecular weight excluding hydrogens is 403 g/mol. The van der Waals surface area contributed by atoms with Gasteiger partial charge >= 0.3 is 0 Å². The second kappa shape index (κ2) is 7.23. The van der Waals surface area contributed by atoms with Crippen molar-refractivity contribution in [1.82, 2.24) is 19.3 Å². The minimum atomic E-state index is -3.72. The van der Waals surface area contributed by atoms with Crippen LogP contribution in [0.15, 0.2) is 71.9 Å². The van der Waals surface area contributed by atoms with E-state index in [1.807, 2.05) is 12.1 Å². The summed E-state index contributed by atoms with van der Waals surface area (Å²) >= 11 is 0. The molecule has 5 rings (SSSR count). The van der Waals surface area contributed by atoms with E-state index < -0.39 is 10.0 Å². The third-order valence-corrected chi connectivity index (χ3v) is 7.09. The molecule has 0 bridgehead atoms. The predicted octanol–water partition coefficient (Wildman–Crippen LogP) is 3.58. The highest BCUT2D eigenvalue weighted by Gasteiger charge is 2.31. The lowest BCUT2D eigenvalue weighted by Crippen LogP contribution is -2.36. The lowest BCUT2D eigenvalue weighted by atomic mass is 10.1. The molecule has 0 N–H and O–H groups in total. The molecule has 3 heterocycles. The molecule has 0 spiro atoms. The Morgan fingerprint density at radius 3 is 2.60 bits per heavy atom. The molecule has 0 atom stereocenters. The summed E-state index contributed by atoms with van der Waals surface area (Å²) in [5.74, 6) is 0.184. The Morgan fingerprint density at radius 2 is 1.77 bits per heavy atom. The van der Waals surface area contributed by atoms with Gasteiger partial charge in [0.05, 0.1) is 11.2 Å². The average Bonchev–Trinajstić information content (AvgIpc) is 2.78. The molecule has 0 amide bonds. The fraction of sp³-hybridized carbons (Fsp3) is 0.136. The zero-order valence-electron chi connectivity index (χ0n) is 15.9. The van der Waals surface area contributed by atoms with Gasteiger partial charge in [-0.15, -0.1) is 0 Å². The zero-order chi connectivity index (χ0) is 20.7. The molecule has 6 nitrogen and oxygen atoms in total. The van der Waals surface area contributed by atoms with Crippen molar-refractivity contribution in [3.63, 3.8) is 0 Å². The normalized spacial score (nSPS) is 14.6. The molecule has 0 radical (unpaired) electrons. The van der Waals surface area contributed by atoms with Crippen LogP contribution in [0.5, 0.6) is 0 Å². The molecular formula is C22H17FN4O2S. The highest BCUT2D eigenvalue weighted by atomic mass is 32.2. The number of benzene rings is 2. The van der Waals surface area contributed by atoms with Gasteiger partial charge in [0, 0.05) is 48.4 Å². The summed E-state index contributed by atoms with van der Waals surface area (Å²) in [6, 6.07) is 14.8. The lowest BCUT2D eigenvalue weighted by Gasteiger charge is -2.27. The number of sulfonamides is 1. The van der Waals surface area contributed by atoms with Gasteiger partial charge in [0.25, 0.3) is 0 Å². The van der Waals surface area contributed by atoms with Crippen LogP contribution >= 0.6 is 0 Å². The van der Waals surface area contributed by atoms with Crippen molar-refractivity contribution in [1.29, 1.82) is 0 Å². The van der Waals surface area contributed by atoms with E-state index in [0.29, 0.717) is 24.3 Å². The van der Waals surface area contributed by atoms with Crippen molar-refractivity contribution < 1.29 is 12.8 Å². The molecule has 4 aromatic rings. The van der Waals surface area contributed by atoms with Crippen molar-refractivity contribution in [2.24, 2.45) is 0 Å². The molecule has 0 unspecified atom stereocenters. The molecule has 1 aliphatic heterocycles. The van der Waals surface area contributed by atoms with Crippen LogP contribution in [-0.2, 0) is 23.0 Å². The first kappa shape index (κ1) is 18.8. The summed E-state index contributed by atoms with van der Waals surface area (Å²) in [6.45, 7) is 0.517. The first-order valence-corrected chi connectivity index (χ1v) is 10.9. The molecule has 150 valence electrons. The minimum Gasteiger partial charge on any atom is -0.255 e. The van der Waals surface area contributed by atoms with Gasteiger partial charge in [-0.3, -0.25) is 4.98 Å². The number of hydrogen-bond donors (Lipinski definition) is 0. The first-order chi connectivity index (χ1) is 14.5. The number of nitrogens with zero attached hydrogens (tertiary/aromatic N) is 4. The van der Waals surface area contributed by atoms with Gasteiger partial charge in [0.2, 0.25) is 10.0 Å². The summed E-state index contributed by atoms with van der Waals surface area (Å²) in [4.78, 5) is 13.4. The van der Waals surface area contributed by atoms with E-state index in [0.717, 1.165) is 22.2 Å². The summed E-state index contributed by atoms with van der Waals surface area (Å²) in [7, 11) is -3.72. The van der Waals surface area contributed by atoms with Gasteiger partial charge in [-0.1, -0.05) is 18.2 Å². The van der Waals surface area contributed by atoms with E-state index >= 15 is 0 Å². The lowest BCUT2D eigenvalue weighted by molar-refractivity contribution is 0.387. The van der Waals surface area contributed by atoms with Crippen molar-refractivity contribution in [2.45, 2.75) is 17.9 Å². The summed E-state index contributed by atoms with van der Waals surface area (Å²) in [6.07, 6.45) is 3.73. The molecule has 8 heteroatoms. The second-order valence-electron chi connectivity index (χ2n) is 7.09. The Balaban J connectivity index is 1.47. The van der Waals surface area contributed by atoms with Crippen molar-refractivity contribution in [3.8, 4) is 11.4 Å². The smallest absolute Gasteiger partial charge is 0.245 e. The molecule has 2 aromatic heterocycles. The fourth-order valence-electron chi connectivity index (χ4n) is 3.66. The number of aromatic nitrogens is 3. The van der Waals surface area contributed by atoms with Crippen LogP contribution in [0.3, 0.4) is 0 Å². The monoisotopic (exact) mass is 420 g/mol. The number of halogens is 1. The van der Waals surface area contributed by atoms with Crippen LogP contribution < -0.4 is 0 Å². The van der Waals surface area contributed by atoms with Crippen LogP contribution in [0.4, 0.5) is 4.39 Å². The Kier molecular flexibility index (Phi) is 4.52. The molecule has 2 aromatic carbocycles. The zero-order valence-corrected chi connectivity index (χ0v) is 16.7. The van der Waals surface area contributed by atoms with E-state index in [4.69, 9.17) is 0 Å². The average molecular weight is 420 g/mol. The van der Waals surface area contributed by atoms with Crippen LogP contribution in [0.25, 0.3) is 22.3 Å². The molecule has 0 fully saturated rings. The third kappa shape index (κ3) is 3.24. The summed E-state index contributed by atoms with van der Waals surface area (Å²) in [5, 5.41) is 0.781. The molecule has 1 aliphatic rings. The third-order valence-electron chi connectivity index (χ3n) is 5.21. The van der Waals surface area contributed by atoms with Gasteiger partial charge < -0.3 is 0 Å². The van der Waals surface area contributed by atoms with Crippen LogP contribution in [0.1, 0.15) is 11.3 Å². The van der Waals surface area contributed by atoms with E-state index in [9.17, 15) is 12.8 Å². The van der Waals surface area contributed by atoms with Crippen LogP contribution in [0, 0.1) is 5.82 Å². The van der Waals surface area contributed by atoms with Crippen LogP contribution in [0.2, 0.25) is 0 Å². The van der Waals surface area contributed by atoms with Crippen molar-refractivity contribution in [2.75, 3.05) is 6.54 Å². The SMILES string of the molecule is O=S(=O)(c1cccc2cccnc12)N1CCc2nc(-c3ccc(F)cc3)ncc2C1.